The lowest BCUT2D eigenvalue weighted by Gasteiger charge is -2.12. The van der Waals surface area contributed by atoms with E-state index in [9.17, 15) is 4.79 Å². The van der Waals surface area contributed by atoms with Crippen molar-refractivity contribution in [1.29, 1.82) is 0 Å². The molecule has 1 atom stereocenters. The first-order valence-corrected chi connectivity index (χ1v) is 6.30. The number of ether oxygens (including phenoxy) is 1. The van der Waals surface area contributed by atoms with Crippen LogP contribution in [-0.2, 0) is 4.79 Å². The number of hydrogen-bond donors (Lipinski definition) is 2. The van der Waals surface area contributed by atoms with Crippen LogP contribution >= 0.6 is 0 Å². The first kappa shape index (κ1) is 14.5. The molecule has 0 fully saturated rings. The maximum Gasteiger partial charge on any atom is 0.258 e. The molecule has 0 aliphatic carbocycles. The van der Waals surface area contributed by atoms with E-state index in [0.29, 0.717) is 5.75 Å². The van der Waals surface area contributed by atoms with Gasteiger partial charge in [-0.15, -0.1) is 0 Å². The first-order valence-electron chi connectivity index (χ1n) is 6.30. The van der Waals surface area contributed by atoms with Crippen LogP contribution in [0.15, 0.2) is 24.3 Å². The molecule has 0 radical (unpaired) electrons. The zero-order chi connectivity index (χ0) is 13.5. The van der Waals surface area contributed by atoms with Gasteiger partial charge in [0.15, 0.2) is 6.61 Å². The predicted octanol–water partition coefficient (Wildman–Crippen LogP) is 2.00. The molecule has 0 aliphatic heterocycles. The summed E-state index contributed by atoms with van der Waals surface area (Å²) in [5.74, 6) is 0.570. The number of nitrogens with two attached hydrogens (primary N) is 1. The number of carbonyl (C=O) groups is 1. The summed E-state index contributed by atoms with van der Waals surface area (Å²) in [6, 6.07) is 7.74. The summed E-state index contributed by atoms with van der Waals surface area (Å²) < 4.78 is 5.38. The van der Waals surface area contributed by atoms with Gasteiger partial charge in [-0.1, -0.05) is 19.1 Å². The molecule has 0 aliphatic rings. The van der Waals surface area contributed by atoms with Crippen LogP contribution in [0, 0.1) is 0 Å². The smallest absolute Gasteiger partial charge is 0.258 e. The van der Waals surface area contributed by atoms with Gasteiger partial charge in [0.1, 0.15) is 5.75 Å². The Kier molecular flexibility index (Phi) is 5.65. The number of amides is 1. The van der Waals surface area contributed by atoms with Gasteiger partial charge in [0.2, 0.25) is 0 Å². The SMILES string of the molecule is CC[C@@H](N)c1ccc(OCC(=O)NC(C)C)cc1. The molecule has 1 aromatic rings. The molecule has 18 heavy (non-hydrogen) atoms. The number of nitrogens with one attached hydrogen (secondary N) is 1. The van der Waals surface area contributed by atoms with E-state index >= 15 is 0 Å². The van der Waals surface area contributed by atoms with Crippen molar-refractivity contribution in [2.24, 2.45) is 5.73 Å². The van der Waals surface area contributed by atoms with E-state index in [4.69, 9.17) is 10.5 Å². The lowest BCUT2D eigenvalue weighted by atomic mass is 10.1. The summed E-state index contributed by atoms with van der Waals surface area (Å²) in [6.45, 7) is 5.92. The maximum absolute atomic E-state index is 11.4. The fourth-order valence-corrected chi connectivity index (χ4v) is 1.56. The largest absolute Gasteiger partial charge is 0.484 e. The van der Waals surface area contributed by atoms with Gasteiger partial charge in [0, 0.05) is 12.1 Å². The van der Waals surface area contributed by atoms with E-state index in [1.54, 1.807) is 0 Å². The average molecular weight is 250 g/mol. The van der Waals surface area contributed by atoms with Crippen LogP contribution in [0.2, 0.25) is 0 Å². The van der Waals surface area contributed by atoms with Crippen LogP contribution in [0.5, 0.6) is 5.75 Å². The van der Waals surface area contributed by atoms with Gasteiger partial charge < -0.3 is 15.8 Å². The highest BCUT2D eigenvalue weighted by atomic mass is 16.5. The Morgan fingerprint density at radius 1 is 1.33 bits per heavy atom. The molecular formula is C14H22N2O2. The third-order valence-electron chi connectivity index (χ3n) is 2.57. The number of hydrogen-bond acceptors (Lipinski definition) is 3. The van der Waals surface area contributed by atoms with Crippen LogP contribution in [-0.4, -0.2) is 18.6 Å². The Balaban J connectivity index is 2.46. The van der Waals surface area contributed by atoms with Gasteiger partial charge >= 0.3 is 0 Å². The summed E-state index contributed by atoms with van der Waals surface area (Å²) in [5, 5.41) is 2.77. The third-order valence-corrected chi connectivity index (χ3v) is 2.57. The Hall–Kier alpha value is -1.55. The minimum atomic E-state index is -0.112. The topological polar surface area (TPSA) is 64.3 Å². The zero-order valence-corrected chi connectivity index (χ0v) is 11.3. The summed E-state index contributed by atoms with van der Waals surface area (Å²) in [6.07, 6.45) is 0.900. The fourth-order valence-electron chi connectivity index (χ4n) is 1.56. The zero-order valence-electron chi connectivity index (χ0n) is 11.3. The van der Waals surface area contributed by atoms with Crippen molar-refractivity contribution in [2.75, 3.05) is 6.61 Å². The van der Waals surface area contributed by atoms with Gasteiger partial charge in [0.25, 0.3) is 5.91 Å². The molecule has 3 N–H and O–H groups in total. The Morgan fingerprint density at radius 3 is 2.44 bits per heavy atom. The summed E-state index contributed by atoms with van der Waals surface area (Å²) in [4.78, 5) is 11.4. The second-order valence-corrected chi connectivity index (χ2v) is 4.59. The lowest BCUT2D eigenvalue weighted by molar-refractivity contribution is -0.123. The molecule has 1 rings (SSSR count). The monoisotopic (exact) mass is 250 g/mol. The minimum Gasteiger partial charge on any atom is -0.484 e. The molecule has 1 aromatic carbocycles. The highest BCUT2D eigenvalue weighted by Crippen LogP contribution is 2.18. The van der Waals surface area contributed by atoms with Crippen molar-refractivity contribution in [3.05, 3.63) is 29.8 Å². The highest BCUT2D eigenvalue weighted by Gasteiger charge is 2.06. The van der Waals surface area contributed by atoms with E-state index in [1.165, 1.54) is 0 Å². The molecule has 0 saturated heterocycles. The summed E-state index contributed by atoms with van der Waals surface area (Å²) in [7, 11) is 0. The van der Waals surface area contributed by atoms with E-state index in [-0.39, 0.29) is 24.6 Å². The lowest BCUT2D eigenvalue weighted by Crippen LogP contribution is -2.34. The fraction of sp³-hybridized carbons (Fsp3) is 0.500. The number of carbonyl (C=O) groups excluding carboxylic acids is 1. The van der Waals surface area contributed by atoms with Crippen LogP contribution in [0.25, 0.3) is 0 Å². The van der Waals surface area contributed by atoms with Gasteiger partial charge in [-0.25, -0.2) is 0 Å². The second-order valence-electron chi connectivity index (χ2n) is 4.59. The van der Waals surface area contributed by atoms with Crippen molar-refractivity contribution in [2.45, 2.75) is 39.3 Å². The van der Waals surface area contributed by atoms with Crippen molar-refractivity contribution in [3.8, 4) is 5.75 Å². The van der Waals surface area contributed by atoms with E-state index < -0.39 is 0 Å². The molecule has 0 heterocycles. The number of benzene rings is 1. The Labute approximate surface area is 109 Å². The van der Waals surface area contributed by atoms with Gasteiger partial charge in [0.05, 0.1) is 0 Å². The molecule has 0 spiro atoms. The molecule has 0 unspecified atom stereocenters. The molecule has 0 bridgehead atoms. The molecule has 0 saturated carbocycles. The second kappa shape index (κ2) is 7.01. The van der Waals surface area contributed by atoms with E-state index in [0.717, 1.165) is 12.0 Å². The third kappa shape index (κ3) is 4.75. The van der Waals surface area contributed by atoms with Gasteiger partial charge in [-0.05, 0) is 38.0 Å². The molecule has 1 amide bonds. The molecule has 100 valence electrons. The molecule has 0 aromatic heterocycles. The Morgan fingerprint density at radius 2 is 1.94 bits per heavy atom. The summed E-state index contributed by atoms with van der Waals surface area (Å²) >= 11 is 0. The predicted molar refractivity (Wildman–Crippen MR) is 72.4 cm³/mol. The summed E-state index contributed by atoms with van der Waals surface area (Å²) in [5.41, 5.74) is 7.00. The Bertz CT molecular complexity index is 374. The van der Waals surface area contributed by atoms with E-state index in [1.807, 2.05) is 45.0 Å². The number of rotatable bonds is 6. The quantitative estimate of drug-likeness (QED) is 0.811. The molecule has 4 heteroatoms. The van der Waals surface area contributed by atoms with Crippen LogP contribution in [0.3, 0.4) is 0 Å². The van der Waals surface area contributed by atoms with E-state index in [2.05, 4.69) is 5.32 Å². The standard InChI is InChI=1S/C14H22N2O2/c1-4-13(15)11-5-7-12(8-6-11)18-9-14(17)16-10(2)3/h5-8,10,13H,4,9,15H2,1-3H3,(H,16,17)/t13-/m1/s1. The normalized spacial score (nSPS) is 12.3. The van der Waals surface area contributed by atoms with Crippen LogP contribution < -0.4 is 15.8 Å². The molecule has 4 nitrogen and oxygen atoms in total. The first-order chi connectivity index (χ1) is 8.52. The highest BCUT2D eigenvalue weighted by molar-refractivity contribution is 5.77. The van der Waals surface area contributed by atoms with Crippen molar-refractivity contribution >= 4 is 5.91 Å². The van der Waals surface area contributed by atoms with Crippen molar-refractivity contribution in [3.63, 3.8) is 0 Å². The van der Waals surface area contributed by atoms with Crippen LogP contribution in [0.1, 0.15) is 38.8 Å². The van der Waals surface area contributed by atoms with Crippen LogP contribution in [0.4, 0.5) is 0 Å². The van der Waals surface area contributed by atoms with Gasteiger partial charge in [-0.3, -0.25) is 4.79 Å². The van der Waals surface area contributed by atoms with Crippen molar-refractivity contribution < 1.29 is 9.53 Å². The average Bonchev–Trinajstić information content (AvgIpc) is 2.35. The van der Waals surface area contributed by atoms with Gasteiger partial charge in [-0.2, -0.15) is 0 Å². The molecular weight excluding hydrogens is 228 g/mol. The maximum atomic E-state index is 11.4. The van der Waals surface area contributed by atoms with Crippen molar-refractivity contribution in [1.82, 2.24) is 5.32 Å². The minimum absolute atomic E-state index is 0.0390.